The van der Waals surface area contributed by atoms with E-state index in [2.05, 4.69) is 150 Å². The minimum atomic E-state index is 0.124. The second-order valence-corrected chi connectivity index (χ2v) is 13.0. The molecule has 6 aromatic rings. The largest absolute Gasteiger partial charge is 0.292 e. The average molecular weight is 610 g/mol. The first-order valence-corrected chi connectivity index (χ1v) is 16.8. The Morgan fingerprint density at radius 1 is 0.652 bits per heavy atom. The lowest BCUT2D eigenvalue weighted by Crippen LogP contribution is -2.20. The summed E-state index contributed by atoms with van der Waals surface area (Å²) in [7, 11) is 0. The molecule has 220 valence electrons. The highest BCUT2D eigenvalue weighted by Gasteiger charge is 2.34. The molecule has 46 heavy (non-hydrogen) atoms. The number of fused-ring (bicyclic) bond motifs is 4. The lowest BCUT2D eigenvalue weighted by atomic mass is 9.82. The quantitative estimate of drug-likeness (QED) is 0.191. The molecule has 3 nitrogen and oxygen atoms in total. The van der Waals surface area contributed by atoms with Crippen molar-refractivity contribution in [1.29, 1.82) is 0 Å². The SMILES string of the molecule is C1=CCCC(c2sc3c(c2-c2ccc(-c4nc5ccccc5n4-c4ccccc4)cc2)C2=CC=CCC2N=C3c2ccccc2)=C1. The first-order valence-electron chi connectivity index (χ1n) is 16.0. The molecule has 1 atom stereocenters. The summed E-state index contributed by atoms with van der Waals surface area (Å²) in [4.78, 5) is 13.1. The summed E-state index contributed by atoms with van der Waals surface area (Å²) in [5.41, 5.74) is 13.3. The summed E-state index contributed by atoms with van der Waals surface area (Å²) in [5, 5.41) is 0. The summed E-state index contributed by atoms with van der Waals surface area (Å²) < 4.78 is 2.27. The standard InChI is InChI=1S/C42H31N3S/c1-4-14-29(15-5-1)39-41-38(33-20-10-11-21-34(33)43-39)37(40(46-41)30-16-6-2-7-17-30)28-24-26-31(27-25-28)42-44-35-22-12-13-23-36(35)45(42)32-18-8-3-9-19-32/h1-6,8-16,18-20,22-27,34H,7,17,21H2. The van der Waals surface area contributed by atoms with Crippen LogP contribution in [0.25, 0.3) is 50.4 Å². The van der Waals surface area contributed by atoms with Gasteiger partial charge in [-0.05, 0) is 60.2 Å². The van der Waals surface area contributed by atoms with Crippen LogP contribution in [0.3, 0.4) is 0 Å². The molecule has 0 spiro atoms. The van der Waals surface area contributed by atoms with Gasteiger partial charge in [-0.25, -0.2) is 4.98 Å². The number of para-hydroxylation sites is 3. The summed E-state index contributed by atoms with van der Waals surface area (Å²) >= 11 is 1.91. The van der Waals surface area contributed by atoms with Crippen molar-refractivity contribution in [3.05, 3.63) is 167 Å². The van der Waals surface area contributed by atoms with Crippen LogP contribution in [0.5, 0.6) is 0 Å². The van der Waals surface area contributed by atoms with Gasteiger partial charge in [0.2, 0.25) is 0 Å². The van der Waals surface area contributed by atoms with Crippen molar-refractivity contribution in [1.82, 2.24) is 9.55 Å². The molecule has 0 fully saturated rings. The first kappa shape index (κ1) is 27.0. The van der Waals surface area contributed by atoms with Crippen molar-refractivity contribution >= 4 is 39.2 Å². The maximum atomic E-state index is 5.38. The van der Waals surface area contributed by atoms with Gasteiger partial charge in [-0.1, -0.05) is 121 Å². The van der Waals surface area contributed by atoms with Crippen LogP contribution in [0.1, 0.15) is 40.1 Å². The van der Waals surface area contributed by atoms with E-state index in [4.69, 9.17) is 9.98 Å². The van der Waals surface area contributed by atoms with E-state index in [9.17, 15) is 0 Å². The third kappa shape index (κ3) is 4.48. The highest BCUT2D eigenvalue weighted by Crippen LogP contribution is 2.50. The molecule has 0 bridgehead atoms. The second kappa shape index (κ2) is 11.2. The van der Waals surface area contributed by atoms with Crippen molar-refractivity contribution in [2.75, 3.05) is 0 Å². The van der Waals surface area contributed by atoms with E-state index in [-0.39, 0.29) is 6.04 Å². The van der Waals surface area contributed by atoms with E-state index < -0.39 is 0 Å². The Balaban J connectivity index is 1.24. The summed E-state index contributed by atoms with van der Waals surface area (Å²) in [6.07, 6.45) is 16.6. The zero-order valence-corrected chi connectivity index (χ0v) is 26.1. The molecule has 4 heteroatoms. The van der Waals surface area contributed by atoms with Crippen LogP contribution in [0.15, 0.2) is 151 Å². The van der Waals surface area contributed by atoms with Crippen LogP contribution in [-0.2, 0) is 0 Å². The molecular formula is C42H31N3S. The van der Waals surface area contributed by atoms with E-state index in [1.807, 2.05) is 11.3 Å². The fraction of sp³-hybridized carbons (Fsp3) is 0.0952. The average Bonchev–Trinajstić information content (AvgIpc) is 3.73. The predicted octanol–water partition coefficient (Wildman–Crippen LogP) is 10.7. The van der Waals surface area contributed by atoms with Gasteiger partial charge in [-0.3, -0.25) is 9.56 Å². The Bertz CT molecular complexity index is 2260. The van der Waals surface area contributed by atoms with E-state index in [1.54, 1.807) is 0 Å². The molecule has 4 aromatic carbocycles. The highest BCUT2D eigenvalue weighted by molar-refractivity contribution is 7.16. The van der Waals surface area contributed by atoms with Gasteiger partial charge in [0.15, 0.2) is 0 Å². The first-order chi connectivity index (χ1) is 22.8. The number of nitrogens with zero attached hydrogens (tertiary/aromatic N) is 3. The number of hydrogen-bond acceptors (Lipinski definition) is 3. The normalized spacial score (nSPS) is 16.9. The molecule has 9 rings (SSSR count). The van der Waals surface area contributed by atoms with Gasteiger partial charge in [0.05, 0.1) is 27.7 Å². The van der Waals surface area contributed by atoms with Crippen molar-refractivity contribution in [2.45, 2.75) is 25.3 Å². The predicted molar refractivity (Wildman–Crippen MR) is 194 cm³/mol. The molecule has 1 unspecified atom stereocenters. The van der Waals surface area contributed by atoms with Crippen LogP contribution < -0.4 is 0 Å². The zero-order chi connectivity index (χ0) is 30.5. The number of hydrogen-bond donors (Lipinski definition) is 0. The minimum Gasteiger partial charge on any atom is -0.292 e. The molecule has 0 saturated heterocycles. The molecular weight excluding hydrogens is 579 g/mol. The maximum absolute atomic E-state index is 5.38. The van der Waals surface area contributed by atoms with Gasteiger partial charge in [0, 0.05) is 32.8 Å². The number of aliphatic imine (C=N–C) groups is 1. The van der Waals surface area contributed by atoms with Crippen molar-refractivity contribution in [3.8, 4) is 28.2 Å². The molecule has 0 N–H and O–H groups in total. The van der Waals surface area contributed by atoms with Crippen LogP contribution in [0.4, 0.5) is 0 Å². The van der Waals surface area contributed by atoms with E-state index >= 15 is 0 Å². The van der Waals surface area contributed by atoms with Gasteiger partial charge in [0.1, 0.15) is 5.82 Å². The molecule has 0 saturated carbocycles. The third-order valence-electron chi connectivity index (χ3n) is 9.19. The Kier molecular flexibility index (Phi) is 6.60. The van der Waals surface area contributed by atoms with Crippen LogP contribution in [0.2, 0.25) is 0 Å². The summed E-state index contributed by atoms with van der Waals surface area (Å²) in [5.74, 6) is 0.949. The topological polar surface area (TPSA) is 30.2 Å². The monoisotopic (exact) mass is 609 g/mol. The molecule has 2 aliphatic carbocycles. The van der Waals surface area contributed by atoms with Crippen molar-refractivity contribution in [2.24, 2.45) is 4.99 Å². The van der Waals surface area contributed by atoms with Crippen LogP contribution in [-0.4, -0.2) is 21.3 Å². The number of allylic oxidation sites excluding steroid dienone is 6. The lowest BCUT2D eigenvalue weighted by molar-refractivity contribution is 0.841. The molecule has 1 aliphatic heterocycles. The fourth-order valence-corrected chi connectivity index (χ4v) is 8.43. The third-order valence-corrected chi connectivity index (χ3v) is 10.5. The molecule has 3 aliphatic rings. The Morgan fingerprint density at radius 2 is 1.39 bits per heavy atom. The number of imidazole rings is 1. The maximum Gasteiger partial charge on any atom is 0.145 e. The highest BCUT2D eigenvalue weighted by atomic mass is 32.1. The van der Waals surface area contributed by atoms with Gasteiger partial charge in [-0.15, -0.1) is 11.3 Å². The Hall–Kier alpha value is -5.32. The van der Waals surface area contributed by atoms with Crippen LogP contribution >= 0.6 is 11.3 Å². The number of benzene rings is 4. The second-order valence-electron chi connectivity index (χ2n) is 12.0. The Labute approximate surface area is 272 Å². The number of thiophene rings is 1. The van der Waals surface area contributed by atoms with Gasteiger partial charge < -0.3 is 0 Å². The van der Waals surface area contributed by atoms with E-state index in [0.717, 1.165) is 53.1 Å². The van der Waals surface area contributed by atoms with Gasteiger partial charge >= 0.3 is 0 Å². The molecule has 2 aromatic heterocycles. The van der Waals surface area contributed by atoms with E-state index in [0.29, 0.717) is 0 Å². The van der Waals surface area contributed by atoms with Gasteiger partial charge in [0.25, 0.3) is 0 Å². The number of rotatable bonds is 5. The number of aromatic nitrogens is 2. The van der Waals surface area contributed by atoms with Crippen molar-refractivity contribution < 1.29 is 0 Å². The lowest BCUT2D eigenvalue weighted by Gasteiger charge is -2.26. The zero-order valence-electron chi connectivity index (χ0n) is 25.3. The minimum absolute atomic E-state index is 0.124. The van der Waals surface area contributed by atoms with E-state index in [1.165, 1.54) is 43.2 Å². The molecule has 0 radical (unpaired) electrons. The molecule has 0 amide bonds. The smallest absolute Gasteiger partial charge is 0.145 e. The van der Waals surface area contributed by atoms with Crippen LogP contribution in [0, 0.1) is 0 Å². The fourth-order valence-electron chi connectivity index (χ4n) is 7.02. The van der Waals surface area contributed by atoms with Gasteiger partial charge in [-0.2, -0.15) is 0 Å². The summed E-state index contributed by atoms with van der Waals surface area (Å²) in [6.45, 7) is 0. The summed E-state index contributed by atoms with van der Waals surface area (Å²) in [6, 6.07) is 38.9. The molecule has 3 heterocycles. The van der Waals surface area contributed by atoms with Crippen molar-refractivity contribution in [3.63, 3.8) is 0 Å². The Morgan fingerprint density at radius 3 is 2.20 bits per heavy atom.